The summed E-state index contributed by atoms with van der Waals surface area (Å²) < 4.78 is 0. The average molecular weight is 270 g/mol. The van der Waals surface area contributed by atoms with E-state index in [-0.39, 0.29) is 6.61 Å². The molecule has 0 amide bonds. The number of aliphatic hydroxyl groups excluding tert-OH is 1. The molecule has 0 saturated carbocycles. The van der Waals surface area contributed by atoms with Crippen molar-refractivity contribution < 1.29 is 5.11 Å². The molecule has 1 aliphatic heterocycles. The van der Waals surface area contributed by atoms with Crippen LogP contribution in [0.15, 0.2) is 12.1 Å². The number of halogens is 1. The summed E-state index contributed by atoms with van der Waals surface area (Å²) in [5.74, 6) is 0. The molecule has 4 nitrogen and oxygen atoms in total. The molecule has 0 radical (unpaired) electrons. The van der Waals surface area contributed by atoms with Crippen LogP contribution >= 0.6 is 11.6 Å². The largest absolute Gasteiger partial charge is 0.398 e. The van der Waals surface area contributed by atoms with Gasteiger partial charge >= 0.3 is 0 Å². The van der Waals surface area contributed by atoms with Crippen LogP contribution in [0.4, 0.5) is 11.4 Å². The van der Waals surface area contributed by atoms with Gasteiger partial charge in [-0.05, 0) is 24.6 Å². The van der Waals surface area contributed by atoms with E-state index in [9.17, 15) is 0 Å². The molecule has 0 atom stereocenters. The SMILES string of the molecule is Cc1cc(N)c(Cl)cc1N1CCN(CCO)CC1. The fourth-order valence-corrected chi connectivity index (χ4v) is 2.55. The average Bonchev–Trinajstić information content (AvgIpc) is 2.35. The number of nitrogens with zero attached hydrogens (tertiary/aromatic N) is 2. The molecule has 0 bridgehead atoms. The van der Waals surface area contributed by atoms with Crippen molar-refractivity contribution in [3.8, 4) is 0 Å². The van der Waals surface area contributed by atoms with Crippen molar-refractivity contribution in [3.05, 3.63) is 22.7 Å². The molecule has 2 rings (SSSR count). The molecule has 1 aromatic rings. The third-order valence-corrected chi connectivity index (χ3v) is 3.77. The maximum absolute atomic E-state index is 8.93. The van der Waals surface area contributed by atoms with E-state index >= 15 is 0 Å². The maximum atomic E-state index is 8.93. The molecule has 1 aromatic carbocycles. The number of nitrogen functional groups attached to an aromatic ring is 1. The molecule has 0 aromatic heterocycles. The monoisotopic (exact) mass is 269 g/mol. The van der Waals surface area contributed by atoms with Gasteiger partial charge in [-0.1, -0.05) is 11.6 Å². The number of benzene rings is 1. The molecule has 1 saturated heterocycles. The standard InChI is InChI=1S/C13H20ClN3O/c1-10-8-12(15)11(14)9-13(10)17-4-2-16(3-5-17)6-7-18/h8-9,18H,2-7,15H2,1H3. The molecule has 18 heavy (non-hydrogen) atoms. The quantitative estimate of drug-likeness (QED) is 0.814. The Morgan fingerprint density at radius 3 is 2.56 bits per heavy atom. The van der Waals surface area contributed by atoms with Crippen molar-refractivity contribution in [1.29, 1.82) is 0 Å². The van der Waals surface area contributed by atoms with Gasteiger partial charge in [-0.3, -0.25) is 4.90 Å². The molecular weight excluding hydrogens is 250 g/mol. The summed E-state index contributed by atoms with van der Waals surface area (Å²) in [5, 5.41) is 9.54. The highest BCUT2D eigenvalue weighted by molar-refractivity contribution is 6.33. The van der Waals surface area contributed by atoms with Crippen LogP contribution in [0.2, 0.25) is 5.02 Å². The summed E-state index contributed by atoms with van der Waals surface area (Å²) in [6.45, 7) is 6.91. The predicted octanol–water partition coefficient (Wildman–Crippen LogP) is 1.34. The number of β-amino-alcohol motifs (C(OH)–C–C–N with tert-alkyl or cyclic N) is 1. The van der Waals surface area contributed by atoms with Gasteiger partial charge in [0, 0.05) is 38.4 Å². The number of aliphatic hydroxyl groups is 1. The van der Waals surface area contributed by atoms with Crippen molar-refractivity contribution in [3.63, 3.8) is 0 Å². The van der Waals surface area contributed by atoms with E-state index in [4.69, 9.17) is 22.4 Å². The van der Waals surface area contributed by atoms with E-state index in [0.29, 0.717) is 10.7 Å². The van der Waals surface area contributed by atoms with Crippen LogP contribution < -0.4 is 10.6 Å². The number of aryl methyl sites for hydroxylation is 1. The Hall–Kier alpha value is -0.970. The highest BCUT2D eigenvalue weighted by atomic mass is 35.5. The van der Waals surface area contributed by atoms with Crippen LogP contribution in [-0.2, 0) is 0 Å². The fraction of sp³-hybridized carbons (Fsp3) is 0.538. The Morgan fingerprint density at radius 1 is 1.28 bits per heavy atom. The fourth-order valence-electron chi connectivity index (χ4n) is 2.39. The smallest absolute Gasteiger partial charge is 0.0656 e. The van der Waals surface area contributed by atoms with Gasteiger partial charge in [0.2, 0.25) is 0 Å². The Labute approximate surface area is 113 Å². The van der Waals surface area contributed by atoms with Crippen molar-refractivity contribution in [2.45, 2.75) is 6.92 Å². The Kier molecular flexibility index (Phi) is 4.32. The van der Waals surface area contributed by atoms with Crippen LogP contribution in [-0.4, -0.2) is 49.3 Å². The first-order chi connectivity index (χ1) is 8.61. The van der Waals surface area contributed by atoms with Gasteiger partial charge in [-0.25, -0.2) is 0 Å². The topological polar surface area (TPSA) is 52.7 Å². The van der Waals surface area contributed by atoms with E-state index in [1.165, 1.54) is 0 Å². The van der Waals surface area contributed by atoms with Crippen LogP contribution in [0, 0.1) is 6.92 Å². The number of piperazine rings is 1. The number of anilines is 2. The predicted molar refractivity (Wildman–Crippen MR) is 76.3 cm³/mol. The second-order valence-corrected chi connectivity index (χ2v) is 5.12. The summed E-state index contributed by atoms with van der Waals surface area (Å²) in [7, 11) is 0. The first-order valence-electron chi connectivity index (χ1n) is 6.25. The maximum Gasteiger partial charge on any atom is 0.0656 e. The summed E-state index contributed by atoms with van der Waals surface area (Å²) >= 11 is 6.09. The van der Waals surface area contributed by atoms with Gasteiger partial charge < -0.3 is 15.7 Å². The van der Waals surface area contributed by atoms with E-state index in [1.807, 2.05) is 12.1 Å². The van der Waals surface area contributed by atoms with Crippen molar-refractivity contribution in [2.24, 2.45) is 0 Å². The molecule has 1 aliphatic rings. The molecule has 3 N–H and O–H groups in total. The highest BCUT2D eigenvalue weighted by Gasteiger charge is 2.18. The normalized spacial score (nSPS) is 17.2. The number of nitrogens with two attached hydrogens (primary N) is 1. The lowest BCUT2D eigenvalue weighted by molar-refractivity contribution is 0.188. The summed E-state index contributed by atoms with van der Waals surface area (Å²) in [6.07, 6.45) is 0. The third-order valence-electron chi connectivity index (χ3n) is 3.44. The lowest BCUT2D eigenvalue weighted by Gasteiger charge is -2.36. The Balaban J connectivity index is 2.07. The molecule has 1 heterocycles. The zero-order valence-corrected chi connectivity index (χ0v) is 11.5. The second kappa shape index (κ2) is 5.78. The van der Waals surface area contributed by atoms with Gasteiger partial charge in [0.1, 0.15) is 0 Å². The molecule has 0 spiro atoms. The second-order valence-electron chi connectivity index (χ2n) is 4.71. The number of hydrogen-bond acceptors (Lipinski definition) is 4. The zero-order valence-electron chi connectivity index (χ0n) is 10.7. The van der Waals surface area contributed by atoms with Gasteiger partial charge in [0.15, 0.2) is 0 Å². The molecule has 1 fully saturated rings. The zero-order chi connectivity index (χ0) is 13.1. The van der Waals surface area contributed by atoms with Crippen molar-refractivity contribution in [1.82, 2.24) is 4.90 Å². The summed E-state index contributed by atoms with van der Waals surface area (Å²) in [5.41, 5.74) is 8.75. The molecule has 0 unspecified atom stereocenters. The molecule has 0 aliphatic carbocycles. The minimum Gasteiger partial charge on any atom is -0.398 e. The van der Waals surface area contributed by atoms with E-state index in [1.54, 1.807) is 0 Å². The number of rotatable bonds is 3. The van der Waals surface area contributed by atoms with Crippen LogP contribution in [0.5, 0.6) is 0 Å². The van der Waals surface area contributed by atoms with E-state index in [0.717, 1.165) is 44.0 Å². The summed E-state index contributed by atoms with van der Waals surface area (Å²) in [4.78, 5) is 4.60. The summed E-state index contributed by atoms with van der Waals surface area (Å²) in [6, 6.07) is 3.88. The first kappa shape index (κ1) is 13.5. The van der Waals surface area contributed by atoms with Crippen molar-refractivity contribution in [2.75, 3.05) is 50.0 Å². The van der Waals surface area contributed by atoms with Crippen LogP contribution in [0.25, 0.3) is 0 Å². The first-order valence-corrected chi connectivity index (χ1v) is 6.63. The minimum absolute atomic E-state index is 0.229. The van der Waals surface area contributed by atoms with Gasteiger partial charge in [0.05, 0.1) is 17.3 Å². The minimum atomic E-state index is 0.229. The lowest BCUT2D eigenvalue weighted by atomic mass is 10.1. The van der Waals surface area contributed by atoms with Gasteiger partial charge in [-0.2, -0.15) is 0 Å². The van der Waals surface area contributed by atoms with E-state index < -0.39 is 0 Å². The van der Waals surface area contributed by atoms with E-state index in [2.05, 4.69) is 16.7 Å². The molecule has 5 heteroatoms. The number of hydrogen-bond donors (Lipinski definition) is 2. The van der Waals surface area contributed by atoms with Crippen LogP contribution in [0.3, 0.4) is 0 Å². The lowest BCUT2D eigenvalue weighted by Crippen LogP contribution is -2.47. The van der Waals surface area contributed by atoms with Crippen molar-refractivity contribution >= 4 is 23.0 Å². The molecule has 100 valence electrons. The van der Waals surface area contributed by atoms with Gasteiger partial charge in [-0.15, -0.1) is 0 Å². The van der Waals surface area contributed by atoms with Crippen LogP contribution in [0.1, 0.15) is 5.56 Å². The Morgan fingerprint density at radius 2 is 1.94 bits per heavy atom. The third kappa shape index (κ3) is 2.88. The van der Waals surface area contributed by atoms with Gasteiger partial charge in [0.25, 0.3) is 0 Å². The highest BCUT2D eigenvalue weighted by Crippen LogP contribution is 2.29. The molecular formula is C13H20ClN3O. The Bertz CT molecular complexity index is 417.